The fraction of sp³-hybridized carbons (Fsp3) is 0.357. The van der Waals surface area contributed by atoms with Crippen LogP contribution in [-0.2, 0) is 12.8 Å². The molecule has 1 aromatic carbocycles. The van der Waals surface area contributed by atoms with Crippen molar-refractivity contribution in [3.8, 4) is 5.75 Å². The van der Waals surface area contributed by atoms with Crippen molar-refractivity contribution in [2.45, 2.75) is 19.8 Å². The minimum absolute atomic E-state index is 0.261. The second-order valence-corrected chi connectivity index (χ2v) is 4.23. The van der Waals surface area contributed by atoms with E-state index < -0.39 is 0 Å². The summed E-state index contributed by atoms with van der Waals surface area (Å²) in [6, 6.07) is 5.02. The number of methoxy groups -OCH3 is 1. The molecule has 5 heteroatoms. The molecular weight excluding hydrogens is 247 g/mol. The Morgan fingerprint density at radius 2 is 2.16 bits per heavy atom. The summed E-state index contributed by atoms with van der Waals surface area (Å²) in [5, 5.41) is 2.86. The van der Waals surface area contributed by atoms with Crippen LogP contribution in [0.4, 0.5) is 10.4 Å². The Morgan fingerprint density at radius 1 is 1.37 bits per heavy atom. The lowest BCUT2D eigenvalue weighted by Gasteiger charge is -2.07. The number of nitrogens with one attached hydrogen (secondary N) is 1. The Morgan fingerprint density at radius 3 is 2.79 bits per heavy atom. The van der Waals surface area contributed by atoms with E-state index in [9.17, 15) is 4.39 Å². The molecule has 0 amide bonds. The van der Waals surface area contributed by atoms with Gasteiger partial charge in [0.15, 0.2) is 0 Å². The minimum atomic E-state index is -0.261. The number of aryl methyl sites for hydroxylation is 3. The quantitative estimate of drug-likeness (QED) is 0.902. The highest BCUT2D eigenvalue weighted by Gasteiger charge is 2.11. The van der Waals surface area contributed by atoms with Gasteiger partial charge in [0.05, 0.1) is 12.8 Å². The van der Waals surface area contributed by atoms with Gasteiger partial charge in [0.1, 0.15) is 17.3 Å². The highest BCUT2D eigenvalue weighted by Crippen LogP contribution is 2.22. The smallest absolute Gasteiger partial charge is 0.294 e. The summed E-state index contributed by atoms with van der Waals surface area (Å²) in [5.74, 6) is 1.21. The molecule has 0 aliphatic rings. The predicted molar refractivity (Wildman–Crippen MR) is 71.1 cm³/mol. The van der Waals surface area contributed by atoms with Crippen LogP contribution in [0.15, 0.2) is 22.6 Å². The van der Waals surface area contributed by atoms with Gasteiger partial charge in [0, 0.05) is 7.05 Å². The number of anilines is 1. The van der Waals surface area contributed by atoms with Crippen LogP contribution < -0.4 is 10.1 Å². The summed E-state index contributed by atoms with van der Waals surface area (Å²) >= 11 is 0. The lowest BCUT2D eigenvalue weighted by molar-refractivity contribution is 0.408. The zero-order chi connectivity index (χ0) is 13.8. The van der Waals surface area contributed by atoms with E-state index in [2.05, 4.69) is 10.3 Å². The van der Waals surface area contributed by atoms with E-state index in [4.69, 9.17) is 9.15 Å². The topological polar surface area (TPSA) is 47.3 Å². The number of oxazole rings is 1. The van der Waals surface area contributed by atoms with Crippen molar-refractivity contribution in [3.05, 3.63) is 41.0 Å². The van der Waals surface area contributed by atoms with Crippen molar-refractivity contribution in [2.75, 3.05) is 19.5 Å². The molecule has 0 bridgehead atoms. The lowest BCUT2D eigenvalue weighted by atomic mass is 10.1. The van der Waals surface area contributed by atoms with Crippen molar-refractivity contribution < 1.29 is 13.5 Å². The van der Waals surface area contributed by atoms with E-state index in [0.29, 0.717) is 24.6 Å². The first-order valence-corrected chi connectivity index (χ1v) is 6.10. The summed E-state index contributed by atoms with van der Waals surface area (Å²) in [6.45, 7) is 1.87. The molecule has 1 heterocycles. The molecule has 19 heavy (non-hydrogen) atoms. The van der Waals surface area contributed by atoms with E-state index in [1.807, 2.05) is 6.92 Å². The zero-order valence-electron chi connectivity index (χ0n) is 11.3. The van der Waals surface area contributed by atoms with Crippen LogP contribution in [-0.4, -0.2) is 19.1 Å². The standard InChI is InChI=1S/C14H17FN2O2/c1-9-12(17-14(16-2)19-9)6-4-10-8-11(15)5-7-13(10)18-3/h5,7-8H,4,6H2,1-3H3,(H,16,17). The highest BCUT2D eigenvalue weighted by atomic mass is 19.1. The summed E-state index contributed by atoms with van der Waals surface area (Å²) < 4.78 is 23.9. The average molecular weight is 264 g/mol. The van der Waals surface area contributed by atoms with Gasteiger partial charge in [-0.25, -0.2) is 4.39 Å². The molecule has 2 aromatic rings. The van der Waals surface area contributed by atoms with Crippen LogP contribution in [0.5, 0.6) is 5.75 Å². The number of benzene rings is 1. The summed E-state index contributed by atoms with van der Waals surface area (Å²) in [4.78, 5) is 4.31. The van der Waals surface area contributed by atoms with E-state index in [1.54, 1.807) is 20.2 Å². The largest absolute Gasteiger partial charge is 0.496 e. The Kier molecular flexibility index (Phi) is 4.04. The third-order valence-corrected chi connectivity index (χ3v) is 2.98. The average Bonchev–Trinajstić information content (AvgIpc) is 2.77. The molecule has 0 unspecified atom stereocenters. The molecule has 0 saturated carbocycles. The molecule has 1 N–H and O–H groups in total. The van der Waals surface area contributed by atoms with Gasteiger partial charge >= 0.3 is 0 Å². The molecular formula is C14H17FN2O2. The number of hydrogen-bond donors (Lipinski definition) is 1. The van der Waals surface area contributed by atoms with Gasteiger partial charge in [0.2, 0.25) is 0 Å². The van der Waals surface area contributed by atoms with Gasteiger partial charge in [-0.3, -0.25) is 0 Å². The van der Waals surface area contributed by atoms with Crippen molar-refractivity contribution in [3.63, 3.8) is 0 Å². The molecule has 0 radical (unpaired) electrons. The predicted octanol–water partition coefficient (Wildman–Crippen LogP) is 2.96. The second-order valence-electron chi connectivity index (χ2n) is 4.23. The molecule has 0 saturated heterocycles. The monoisotopic (exact) mass is 264 g/mol. The molecule has 2 rings (SSSR count). The number of aromatic nitrogens is 1. The second kappa shape index (κ2) is 5.73. The third-order valence-electron chi connectivity index (χ3n) is 2.98. The number of ether oxygens (including phenoxy) is 1. The fourth-order valence-corrected chi connectivity index (χ4v) is 1.96. The maximum Gasteiger partial charge on any atom is 0.294 e. The van der Waals surface area contributed by atoms with Gasteiger partial charge in [-0.05, 0) is 43.5 Å². The van der Waals surface area contributed by atoms with Crippen LogP contribution in [0.2, 0.25) is 0 Å². The maximum absolute atomic E-state index is 13.2. The van der Waals surface area contributed by atoms with E-state index >= 15 is 0 Å². The number of nitrogens with zero attached hydrogens (tertiary/aromatic N) is 1. The van der Waals surface area contributed by atoms with E-state index in [0.717, 1.165) is 17.0 Å². The summed E-state index contributed by atoms with van der Waals surface area (Å²) in [7, 11) is 3.34. The molecule has 0 fully saturated rings. The zero-order valence-corrected chi connectivity index (χ0v) is 11.3. The fourth-order valence-electron chi connectivity index (χ4n) is 1.96. The van der Waals surface area contributed by atoms with Crippen molar-refractivity contribution >= 4 is 6.01 Å². The van der Waals surface area contributed by atoms with E-state index in [-0.39, 0.29) is 5.82 Å². The van der Waals surface area contributed by atoms with Crippen LogP contribution in [0.3, 0.4) is 0 Å². The normalized spacial score (nSPS) is 10.5. The Bertz CT molecular complexity index is 567. The first kappa shape index (κ1) is 13.4. The van der Waals surface area contributed by atoms with Crippen molar-refractivity contribution in [1.29, 1.82) is 0 Å². The Labute approximate surface area is 111 Å². The summed E-state index contributed by atoms with van der Waals surface area (Å²) in [5.41, 5.74) is 1.70. The molecule has 1 aromatic heterocycles. The van der Waals surface area contributed by atoms with Gasteiger partial charge in [-0.15, -0.1) is 0 Å². The van der Waals surface area contributed by atoms with Gasteiger partial charge in [-0.2, -0.15) is 4.98 Å². The first-order chi connectivity index (χ1) is 9.13. The van der Waals surface area contributed by atoms with Crippen LogP contribution in [0.25, 0.3) is 0 Å². The summed E-state index contributed by atoms with van der Waals surface area (Å²) in [6.07, 6.45) is 1.33. The molecule has 102 valence electrons. The van der Waals surface area contributed by atoms with Gasteiger partial charge < -0.3 is 14.5 Å². The third kappa shape index (κ3) is 3.05. The number of hydrogen-bond acceptors (Lipinski definition) is 4. The number of rotatable bonds is 5. The maximum atomic E-state index is 13.2. The molecule has 0 aliphatic carbocycles. The van der Waals surface area contributed by atoms with Crippen LogP contribution >= 0.6 is 0 Å². The van der Waals surface area contributed by atoms with Crippen LogP contribution in [0, 0.1) is 12.7 Å². The van der Waals surface area contributed by atoms with Crippen molar-refractivity contribution in [2.24, 2.45) is 0 Å². The Balaban J connectivity index is 2.13. The first-order valence-electron chi connectivity index (χ1n) is 6.10. The highest BCUT2D eigenvalue weighted by molar-refractivity contribution is 5.35. The molecule has 4 nitrogen and oxygen atoms in total. The Hall–Kier alpha value is -2.04. The van der Waals surface area contributed by atoms with E-state index in [1.165, 1.54) is 12.1 Å². The van der Waals surface area contributed by atoms with Gasteiger partial charge in [0.25, 0.3) is 6.01 Å². The molecule has 0 atom stereocenters. The molecule has 0 aliphatic heterocycles. The minimum Gasteiger partial charge on any atom is -0.496 e. The van der Waals surface area contributed by atoms with Gasteiger partial charge in [-0.1, -0.05) is 0 Å². The molecule has 0 spiro atoms. The lowest BCUT2D eigenvalue weighted by Crippen LogP contribution is -1.98. The SMILES string of the molecule is CNc1nc(CCc2cc(F)ccc2OC)c(C)o1. The van der Waals surface area contributed by atoms with Crippen molar-refractivity contribution in [1.82, 2.24) is 4.98 Å². The number of halogens is 1. The van der Waals surface area contributed by atoms with Crippen LogP contribution in [0.1, 0.15) is 17.0 Å².